The molecule has 16 heteroatoms. The van der Waals surface area contributed by atoms with Crippen LogP contribution in [0.1, 0.15) is 23.2 Å². The van der Waals surface area contributed by atoms with E-state index in [-0.39, 0.29) is 46.0 Å². The molecule has 0 unspecified atom stereocenters. The molecule has 0 atom stereocenters. The van der Waals surface area contributed by atoms with Gasteiger partial charge in [0.2, 0.25) is 5.91 Å². The Hall–Kier alpha value is -4.12. The van der Waals surface area contributed by atoms with Gasteiger partial charge in [0.25, 0.3) is 5.91 Å². The second kappa shape index (κ2) is 13.9. The quantitative estimate of drug-likeness (QED) is 0.269. The number of piperazine rings is 1. The molecule has 1 aromatic carbocycles. The topological polar surface area (TPSA) is 128 Å². The second-order valence-corrected chi connectivity index (χ2v) is 12.9. The van der Waals surface area contributed by atoms with E-state index in [1.54, 1.807) is 42.4 Å². The number of nitrogens with one attached hydrogen (secondary N) is 1. The highest BCUT2D eigenvalue weighted by atomic mass is 32.2. The molecule has 3 aliphatic heterocycles. The van der Waals surface area contributed by atoms with Crippen LogP contribution in [0.25, 0.3) is 16.9 Å². The van der Waals surface area contributed by atoms with Gasteiger partial charge in [0.15, 0.2) is 5.65 Å². The van der Waals surface area contributed by atoms with Crippen molar-refractivity contribution >= 4 is 34.9 Å². The van der Waals surface area contributed by atoms with E-state index in [1.807, 2.05) is 4.90 Å². The van der Waals surface area contributed by atoms with E-state index < -0.39 is 12.5 Å². The standard InChI is InChI=1S/C31H34F2N8O5S/c32-31(33)46-26-3-2-21(47-22-18-45-19-22)14-23(26)28-25(36-30(43)24-15-35-41-7-1-6-34-29(24)41)16-40(37-28)17-27(42)39-10-8-38(9-11-39)20-4-12-44-13-5-20/h1-3,6-7,14-16,20,22,31H,4-5,8-13,17-19H2,(H,36,43). The third-order valence-electron chi connectivity index (χ3n) is 8.54. The maximum absolute atomic E-state index is 13.5. The summed E-state index contributed by atoms with van der Waals surface area (Å²) in [5, 5.41) is 11.9. The highest BCUT2D eigenvalue weighted by Crippen LogP contribution is 2.39. The molecule has 7 rings (SSSR count). The lowest BCUT2D eigenvalue weighted by molar-refractivity contribution is -0.134. The van der Waals surface area contributed by atoms with Crippen LogP contribution in [0.2, 0.25) is 0 Å². The lowest BCUT2D eigenvalue weighted by Gasteiger charge is -2.40. The Labute approximate surface area is 273 Å². The fourth-order valence-electron chi connectivity index (χ4n) is 6.04. The molecular formula is C31H34F2N8O5S. The van der Waals surface area contributed by atoms with Crippen LogP contribution < -0.4 is 10.1 Å². The number of amides is 2. The van der Waals surface area contributed by atoms with Crippen molar-refractivity contribution in [2.45, 2.75) is 42.2 Å². The van der Waals surface area contributed by atoms with Crippen molar-refractivity contribution in [2.75, 3.05) is 57.9 Å². The van der Waals surface area contributed by atoms with Gasteiger partial charge < -0.3 is 24.4 Å². The number of hydrogen-bond donors (Lipinski definition) is 1. The van der Waals surface area contributed by atoms with Gasteiger partial charge in [-0.2, -0.15) is 19.0 Å². The molecule has 0 bridgehead atoms. The van der Waals surface area contributed by atoms with E-state index in [9.17, 15) is 18.4 Å². The first-order valence-electron chi connectivity index (χ1n) is 15.5. The fourth-order valence-corrected chi connectivity index (χ4v) is 7.08. The number of fused-ring (bicyclic) bond motifs is 1. The Morgan fingerprint density at radius 3 is 2.66 bits per heavy atom. The molecule has 0 radical (unpaired) electrons. The lowest BCUT2D eigenvalue weighted by Crippen LogP contribution is -2.53. The van der Waals surface area contributed by atoms with Crippen molar-refractivity contribution in [3.63, 3.8) is 0 Å². The van der Waals surface area contributed by atoms with Crippen molar-refractivity contribution < 1.29 is 32.6 Å². The molecule has 4 aromatic rings. The van der Waals surface area contributed by atoms with Crippen molar-refractivity contribution in [3.05, 3.63) is 54.6 Å². The van der Waals surface area contributed by atoms with Gasteiger partial charge in [0, 0.05) is 74.5 Å². The first-order valence-corrected chi connectivity index (χ1v) is 16.4. The number of nitrogens with zero attached hydrogens (tertiary/aromatic N) is 7. The molecule has 13 nitrogen and oxygen atoms in total. The number of thioether (sulfide) groups is 1. The van der Waals surface area contributed by atoms with Gasteiger partial charge in [0.05, 0.1) is 30.3 Å². The van der Waals surface area contributed by atoms with Crippen LogP contribution >= 0.6 is 11.8 Å². The fraction of sp³-hybridized carbons (Fsp3) is 0.452. The SMILES string of the molecule is O=C(Nc1cn(CC(=O)N2CCN(C3CCOCC3)CC2)nc1-c1cc(SC2COC2)ccc1OC(F)F)c1cnn2cccnc12. The first-order chi connectivity index (χ1) is 22.9. The zero-order chi connectivity index (χ0) is 32.3. The molecule has 6 heterocycles. The van der Waals surface area contributed by atoms with Gasteiger partial charge in [-0.1, -0.05) is 0 Å². The van der Waals surface area contributed by atoms with E-state index in [2.05, 4.69) is 25.4 Å². The van der Waals surface area contributed by atoms with E-state index in [4.69, 9.17) is 14.2 Å². The summed E-state index contributed by atoms with van der Waals surface area (Å²) in [4.78, 5) is 36.3. The van der Waals surface area contributed by atoms with Crippen LogP contribution in [0.4, 0.5) is 14.5 Å². The predicted octanol–water partition coefficient (Wildman–Crippen LogP) is 3.26. The number of anilines is 1. The van der Waals surface area contributed by atoms with Crippen LogP contribution in [0, 0.1) is 0 Å². The predicted molar refractivity (Wildman–Crippen MR) is 168 cm³/mol. The largest absolute Gasteiger partial charge is 0.434 e. The van der Waals surface area contributed by atoms with Gasteiger partial charge in [-0.15, -0.1) is 11.8 Å². The minimum atomic E-state index is -3.08. The highest BCUT2D eigenvalue weighted by Gasteiger charge is 2.29. The van der Waals surface area contributed by atoms with E-state index in [0.717, 1.165) is 44.0 Å². The van der Waals surface area contributed by atoms with Crippen LogP contribution in [0.15, 0.2) is 53.9 Å². The summed E-state index contributed by atoms with van der Waals surface area (Å²) in [6.07, 6.45) is 8.14. The number of benzene rings is 1. The number of carbonyl (C=O) groups excluding carboxylic acids is 2. The Morgan fingerprint density at radius 2 is 1.91 bits per heavy atom. The smallest absolute Gasteiger partial charge is 0.387 e. The van der Waals surface area contributed by atoms with Crippen molar-refractivity contribution in [1.29, 1.82) is 0 Å². The van der Waals surface area contributed by atoms with Crippen molar-refractivity contribution in [2.24, 2.45) is 0 Å². The zero-order valence-corrected chi connectivity index (χ0v) is 26.3. The van der Waals surface area contributed by atoms with Gasteiger partial charge >= 0.3 is 6.61 Å². The van der Waals surface area contributed by atoms with Gasteiger partial charge in [-0.3, -0.25) is 19.2 Å². The molecule has 0 saturated carbocycles. The molecule has 3 saturated heterocycles. The van der Waals surface area contributed by atoms with Crippen molar-refractivity contribution in [1.82, 2.24) is 34.2 Å². The number of rotatable bonds is 10. The number of halogens is 2. The summed E-state index contributed by atoms with van der Waals surface area (Å²) in [5.41, 5.74) is 1.21. The van der Waals surface area contributed by atoms with Crippen molar-refractivity contribution in [3.8, 4) is 17.0 Å². The number of carbonyl (C=O) groups is 2. The van der Waals surface area contributed by atoms with Crippen LogP contribution in [0.3, 0.4) is 0 Å². The molecule has 3 aliphatic rings. The van der Waals surface area contributed by atoms with Gasteiger partial charge in [-0.05, 0) is 37.1 Å². The maximum atomic E-state index is 13.5. The average Bonchev–Trinajstić information content (AvgIpc) is 3.67. The molecular weight excluding hydrogens is 634 g/mol. The third-order valence-corrected chi connectivity index (χ3v) is 9.67. The number of hydrogen-bond acceptors (Lipinski definition) is 10. The van der Waals surface area contributed by atoms with Crippen LogP contribution in [-0.2, 0) is 20.8 Å². The Kier molecular flexibility index (Phi) is 9.33. The molecule has 1 N–H and O–H groups in total. The summed E-state index contributed by atoms with van der Waals surface area (Å²) >= 11 is 1.55. The van der Waals surface area contributed by atoms with E-state index >= 15 is 0 Å². The Balaban J connectivity index is 1.16. The second-order valence-electron chi connectivity index (χ2n) is 11.6. The molecule has 3 aromatic heterocycles. The summed E-state index contributed by atoms with van der Waals surface area (Å²) in [6.45, 7) is 2.25. The third kappa shape index (κ3) is 7.10. The number of alkyl halides is 2. The normalized spacial score (nSPS) is 18.1. The Bertz CT molecular complexity index is 1730. The lowest BCUT2D eigenvalue weighted by atomic mass is 10.1. The number of ether oxygens (including phenoxy) is 3. The summed E-state index contributed by atoms with van der Waals surface area (Å²) in [7, 11) is 0. The maximum Gasteiger partial charge on any atom is 0.387 e. The van der Waals surface area contributed by atoms with Crippen LogP contribution in [-0.4, -0.2) is 117 Å². The highest BCUT2D eigenvalue weighted by molar-refractivity contribution is 8.00. The monoisotopic (exact) mass is 668 g/mol. The molecule has 248 valence electrons. The molecule has 0 spiro atoms. The minimum absolute atomic E-state index is 0.0999. The first kappa shape index (κ1) is 31.5. The van der Waals surface area contributed by atoms with Crippen LogP contribution in [0.5, 0.6) is 5.75 Å². The van der Waals surface area contributed by atoms with E-state index in [0.29, 0.717) is 38.0 Å². The summed E-state index contributed by atoms with van der Waals surface area (Å²) < 4.78 is 45.7. The zero-order valence-electron chi connectivity index (χ0n) is 25.5. The molecule has 47 heavy (non-hydrogen) atoms. The average molecular weight is 669 g/mol. The minimum Gasteiger partial charge on any atom is -0.434 e. The molecule has 3 fully saturated rings. The Morgan fingerprint density at radius 1 is 1.11 bits per heavy atom. The summed E-state index contributed by atoms with van der Waals surface area (Å²) in [5.74, 6) is -0.763. The van der Waals surface area contributed by atoms with Gasteiger partial charge in [-0.25, -0.2) is 9.50 Å². The van der Waals surface area contributed by atoms with Gasteiger partial charge in [0.1, 0.15) is 23.6 Å². The number of aromatic nitrogens is 5. The van der Waals surface area contributed by atoms with E-state index in [1.165, 1.54) is 27.7 Å². The molecule has 2 amide bonds. The summed E-state index contributed by atoms with van der Waals surface area (Å²) in [6, 6.07) is 7.04. The molecule has 0 aliphatic carbocycles.